The molecular formula is C26H22N2O3. The number of hydrogen-bond donors (Lipinski definition) is 1. The van der Waals surface area contributed by atoms with Crippen LogP contribution >= 0.6 is 0 Å². The van der Waals surface area contributed by atoms with Crippen LogP contribution in [0.1, 0.15) is 28.8 Å². The molecule has 0 amide bonds. The zero-order valence-electron chi connectivity index (χ0n) is 16.9. The van der Waals surface area contributed by atoms with Gasteiger partial charge in [0.1, 0.15) is 11.7 Å². The van der Waals surface area contributed by atoms with Crippen LogP contribution in [0.25, 0.3) is 11.0 Å². The molecule has 2 aliphatic rings. The Morgan fingerprint density at radius 1 is 0.903 bits per heavy atom. The highest BCUT2D eigenvalue weighted by Gasteiger charge is 2.47. The Morgan fingerprint density at radius 2 is 1.61 bits per heavy atom. The maximum atomic E-state index is 13.2. The van der Waals surface area contributed by atoms with E-state index in [0.29, 0.717) is 17.7 Å². The van der Waals surface area contributed by atoms with Crippen molar-refractivity contribution in [3.05, 3.63) is 112 Å². The van der Waals surface area contributed by atoms with Gasteiger partial charge in [-0.15, -0.1) is 0 Å². The molecule has 5 nitrogen and oxygen atoms in total. The Balaban J connectivity index is 1.52. The average molecular weight is 410 g/mol. The van der Waals surface area contributed by atoms with Gasteiger partial charge in [-0.2, -0.15) is 5.48 Å². The smallest absolute Gasteiger partial charge is 0.343 e. The fourth-order valence-corrected chi connectivity index (χ4v) is 4.98. The van der Waals surface area contributed by atoms with Gasteiger partial charge in [0.2, 0.25) is 0 Å². The molecule has 0 unspecified atom stereocenters. The zero-order valence-corrected chi connectivity index (χ0v) is 16.9. The number of para-hydroxylation sites is 1. The fraction of sp³-hybridized carbons (Fsp3) is 0.192. The lowest BCUT2D eigenvalue weighted by Crippen LogP contribution is -2.41. The van der Waals surface area contributed by atoms with E-state index in [4.69, 9.17) is 9.25 Å². The van der Waals surface area contributed by atoms with Crippen molar-refractivity contribution in [2.45, 2.75) is 18.7 Å². The van der Waals surface area contributed by atoms with E-state index in [1.54, 1.807) is 0 Å². The molecule has 1 N–H and O–H groups in total. The van der Waals surface area contributed by atoms with Crippen LogP contribution < -0.4 is 16.0 Å². The number of fused-ring (bicyclic) bond motifs is 5. The van der Waals surface area contributed by atoms with Crippen molar-refractivity contribution < 1.29 is 9.25 Å². The van der Waals surface area contributed by atoms with Gasteiger partial charge >= 0.3 is 5.63 Å². The molecule has 1 fully saturated rings. The first kappa shape index (κ1) is 18.4. The Morgan fingerprint density at radius 3 is 2.42 bits per heavy atom. The molecule has 4 aromatic rings. The van der Waals surface area contributed by atoms with Crippen molar-refractivity contribution in [1.29, 1.82) is 0 Å². The molecule has 154 valence electrons. The molecule has 0 bridgehead atoms. The van der Waals surface area contributed by atoms with Gasteiger partial charge in [-0.05, 0) is 23.3 Å². The SMILES string of the molecule is O=c1oc2ccccc2c2c1[C@@H]1NO[C@@H](c3ccccc3)[C@@H]1CN2Cc1ccccc1. The van der Waals surface area contributed by atoms with Gasteiger partial charge in [0.05, 0.1) is 17.3 Å². The van der Waals surface area contributed by atoms with Crippen molar-refractivity contribution in [2.75, 3.05) is 11.4 Å². The Bertz CT molecular complexity index is 1290. The summed E-state index contributed by atoms with van der Waals surface area (Å²) < 4.78 is 5.73. The van der Waals surface area contributed by atoms with E-state index in [0.717, 1.165) is 23.2 Å². The summed E-state index contributed by atoms with van der Waals surface area (Å²) in [6.45, 7) is 1.48. The van der Waals surface area contributed by atoms with Crippen LogP contribution in [-0.2, 0) is 11.4 Å². The van der Waals surface area contributed by atoms with Gasteiger partial charge in [-0.25, -0.2) is 4.79 Å². The number of nitrogens with one attached hydrogen (secondary N) is 1. The molecule has 6 rings (SSSR count). The quantitative estimate of drug-likeness (QED) is 0.494. The van der Waals surface area contributed by atoms with E-state index >= 15 is 0 Å². The van der Waals surface area contributed by atoms with Crippen LogP contribution in [0.4, 0.5) is 5.69 Å². The molecule has 1 saturated heterocycles. The van der Waals surface area contributed by atoms with Gasteiger partial charge < -0.3 is 9.32 Å². The zero-order chi connectivity index (χ0) is 20.8. The highest BCUT2D eigenvalue weighted by Crippen LogP contribution is 2.48. The highest BCUT2D eigenvalue weighted by atomic mass is 16.7. The van der Waals surface area contributed by atoms with Crippen LogP contribution in [0.2, 0.25) is 0 Å². The second-order valence-electron chi connectivity index (χ2n) is 8.22. The van der Waals surface area contributed by atoms with Crippen LogP contribution in [0.3, 0.4) is 0 Å². The van der Waals surface area contributed by atoms with E-state index in [1.165, 1.54) is 5.56 Å². The van der Waals surface area contributed by atoms with Crippen molar-refractivity contribution in [1.82, 2.24) is 5.48 Å². The largest absolute Gasteiger partial charge is 0.422 e. The third-order valence-electron chi connectivity index (χ3n) is 6.36. The molecule has 3 atom stereocenters. The Kier molecular flexibility index (Phi) is 4.37. The number of rotatable bonds is 3. The second kappa shape index (κ2) is 7.38. The third-order valence-corrected chi connectivity index (χ3v) is 6.36. The number of benzene rings is 3. The molecule has 0 aliphatic carbocycles. The summed E-state index contributed by atoms with van der Waals surface area (Å²) in [5.41, 5.74) is 7.39. The predicted molar refractivity (Wildman–Crippen MR) is 120 cm³/mol. The van der Waals surface area contributed by atoms with Gasteiger partial charge in [0.15, 0.2) is 0 Å². The van der Waals surface area contributed by atoms with E-state index in [9.17, 15) is 4.79 Å². The van der Waals surface area contributed by atoms with E-state index < -0.39 is 0 Å². The van der Waals surface area contributed by atoms with Crippen molar-refractivity contribution in [3.63, 3.8) is 0 Å². The minimum Gasteiger partial charge on any atom is -0.422 e. The van der Waals surface area contributed by atoms with Crippen LogP contribution in [-0.4, -0.2) is 6.54 Å². The van der Waals surface area contributed by atoms with Crippen LogP contribution in [0.5, 0.6) is 0 Å². The molecule has 3 aromatic carbocycles. The molecule has 0 spiro atoms. The molecule has 5 heteroatoms. The number of anilines is 1. The van der Waals surface area contributed by atoms with Crippen LogP contribution in [0.15, 0.2) is 94.1 Å². The van der Waals surface area contributed by atoms with Crippen LogP contribution in [0, 0.1) is 5.92 Å². The molecule has 3 heterocycles. The van der Waals surface area contributed by atoms with Crippen molar-refractivity contribution >= 4 is 16.7 Å². The normalized spacial score (nSPS) is 22.3. The summed E-state index contributed by atoms with van der Waals surface area (Å²) in [6, 6.07) is 28.1. The fourth-order valence-electron chi connectivity index (χ4n) is 4.98. The van der Waals surface area contributed by atoms with E-state index in [1.807, 2.05) is 60.7 Å². The summed E-state index contributed by atoms with van der Waals surface area (Å²) in [7, 11) is 0. The van der Waals surface area contributed by atoms with Gasteiger partial charge in [0.25, 0.3) is 0 Å². The van der Waals surface area contributed by atoms with Gasteiger partial charge in [-0.3, -0.25) is 4.84 Å². The number of hydroxylamine groups is 1. The molecule has 31 heavy (non-hydrogen) atoms. The summed E-state index contributed by atoms with van der Waals surface area (Å²) >= 11 is 0. The first-order chi connectivity index (χ1) is 15.3. The number of hydrogen-bond acceptors (Lipinski definition) is 5. The summed E-state index contributed by atoms with van der Waals surface area (Å²) in [6.07, 6.45) is -0.136. The average Bonchev–Trinajstić information content (AvgIpc) is 3.24. The molecule has 1 aromatic heterocycles. The van der Waals surface area contributed by atoms with Gasteiger partial charge in [0, 0.05) is 24.4 Å². The minimum absolute atomic E-state index is 0.0858. The first-order valence-corrected chi connectivity index (χ1v) is 10.6. The Hall–Kier alpha value is -3.41. The summed E-state index contributed by atoms with van der Waals surface area (Å²) in [5.74, 6) is 0.0858. The minimum atomic E-state index is -0.300. The first-order valence-electron chi connectivity index (χ1n) is 10.6. The molecule has 0 radical (unpaired) electrons. The predicted octanol–water partition coefficient (Wildman–Crippen LogP) is 4.75. The second-order valence-corrected chi connectivity index (χ2v) is 8.22. The van der Waals surface area contributed by atoms with E-state index in [-0.39, 0.29) is 23.7 Å². The summed E-state index contributed by atoms with van der Waals surface area (Å²) in [4.78, 5) is 21.5. The Labute approximate surface area is 179 Å². The van der Waals surface area contributed by atoms with Crippen molar-refractivity contribution in [2.24, 2.45) is 5.92 Å². The van der Waals surface area contributed by atoms with E-state index in [2.05, 4.69) is 34.6 Å². The third kappa shape index (κ3) is 3.05. The standard InChI is InChI=1S/C26H22N2O3/c29-26-22-23-20(25(31-27-23)18-11-5-2-6-12-18)16-28(15-17-9-3-1-4-10-17)24(22)19-13-7-8-14-21(19)30-26/h1-14,20,23,25,27H,15-16H2/t20-,23-,25+/m1/s1. The maximum Gasteiger partial charge on any atom is 0.343 e. The lowest BCUT2D eigenvalue weighted by molar-refractivity contribution is 0.0184. The topological polar surface area (TPSA) is 54.7 Å². The van der Waals surface area contributed by atoms with Gasteiger partial charge in [-0.1, -0.05) is 72.8 Å². The monoisotopic (exact) mass is 410 g/mol. The number of nitrogens with zero attached hydrogens (tertiary/aromatic N) is 1. The highest BCUT2D eigenvalue weighted by molar-refractivity contribution is 5.92. The summed E-state index contributed by atoms with van der Waals surface area (Å²) in [5, 5.41) is 0.955. The molecule has 0 saturated carbocycles. The molecule has 2 aliphatic heterocycles. The lowest BCUT2D eigenvalue weighted by Gasteiger charge is -2.38. The van der Waals surface area contributed by atoms with Crippen molar-refractivity contribution in [3.8, 4) is 0 Å². The molecular weight excluding hydrogens is 388 g/mol. The maximum absolute atomic E-state index is 13.2. The lowest BCUT2D eigenvalue weighted by atomic mass is 9.82.